The molecule has 4 aromatic rings. The van der Waals surface area contributed by atoms with Crippen molar-refractivity contribution < 1.29 is 22.7 Å². The number of carbonyl (C=O) groups excluding carboxylic acids is 1. The van der Waals surface area contributed by atoms with Crippen molar-refractivity contribution in [3.05, 3.63) is 88.6 Å². The van der Waals surface area contributed by atoms with Crippen LogP contribution in [-0.4, -0.2) is 37.9 Å². The van der Waals surface area contributed by atoms with E-state index in [2.05, 4.69) is 15.4 Å². The quantitative estimate of drug-likeness (QED) is 0.414. The Morgan fingerprint density at radius 2 is 1.91 bits per heavy atom. The number of nitrogens with zero attached hydrogens (tertiary/aromatic N) is 4. The molecule has 0 aliphatic carbocycles. The lowest BCUT2D eigenvalue weighted by Crippen LogP contribution is -2.38. The summed E-state index contributed by atoms with van der Waals surface area (Å²) < 4.78 is 47.2. The molecule has 1 N–H and O–H groups in total. The van der Waals surface area contributed by atoms with Crippen molar-refractivity contribution in [2.75, 3.05) is 6.54 Å². The second-order valence-corrected chi connectivity index (χ2v) is 7.84. The minimum absolute atomic E-state index is 0.0633. The maximum absolute atomic E-state index is 13.0. The largest absolute Gasteiger partial charge is 0.481 e. The summed E-state index contributed by atoms with van der Waals surface area (Å²) in [5.74, 6) is 0.278. The fraction of sp³-hybridized carbons (Fsp3) is 0.250. The summed E-state index contributed by atoms with van der Waals surface area (Å²) in [6.45, 7) is 2.07. The lowest BCUT2D eigenvalue weighted by atomic mass is 10.1. The van der Waals surface area contributed by atoms with E-state index in [0.717, 1.165) is 12.1 Å². The number of fused-ring (bicyclic) bond motifs is 1. The smallest absolute Gasteiger partial charge is 0.416 e. The van der Waals surface area contributed by atoms with E-state index in [-0.39, 0.29) is 30.9 Å². The molecule has 0 saturated heterocycles. The number of rotatable bonds is 8. The van der Waals surface area contributed by atoms with Crippen molar-refractivity contribution in [1.82, 2.24) is 24.6 Å². The SMILES string of the molecule is CC(Oc1ccccc1)C(=O)NCCn1ncc2c(=O)n(Cc3cccc(C(F)(F)F)c3)cnc21. The summed E-state index contributed by atoms with van der Waals surface area (Å²) in [6.07, 6.45) is -2.54. The number of aromatic nitrogens is 4. The van der Waals surface area contributed by atoms with Crippen LogP contribution in [0.1, 0.15) is 18.1 Å². The van der Waals surface area contributed by atoms with E-state index in [9.17, 15) is 22.8 Å². The van der Waals surface area contributed by atoms with Gasteiger partial charge in [0, 0.05) is 6.54 Å². The first-order chi connectivity index (χ1) is 16.7. The van der Waals surface area contributed by atoms with Crippen LogP contribution in [-0.2, 0) is 24.1 Å². The Labute approximate surface area is 198 Å². The molecular formula is C24H22F3N5O3. The molecule has 0 bridgehead atoms. The third kappa shape index (κ3) is 5.68. The average Bonchev–Trinajstić information content (AvgIpc) is 3.25. The van der Waals surface area contributed by atoms with Crippen LogP contribution in [0.2, 0.25) is 0 Å². The van der Waals surface area contributed by atoms with Crippen molar-refractivity contribution in [2.45, 2.75) is 32.3 Å². The Morgan fingerprint density at radius 1 is 1.14 bits per heavy atom. The van der Waals surface area contributed by atoms with Gasteiger partial charge >= 0.3 is 6.18 Å². The summed E-state index contributed by atoms with van der Waals surface area (Å²) in [4.78, 5) is 29.4. The lowest BCUT2D eigenvalue weighted by Gasteiger charge is -2.14. The fourth-order valence-corrected chi connectivity index (χ4v) is 3.50. The number of ether oxygens (including phenoxy) is 1. The number of benzene rings is 2. The predicted octanol–water partition coefficient (Wildman–Crippen LogP) is 3.24. The average molecular weight is 485 g/mol. The van der Waals surface area contributed by atoms with Crippen LogP contribution in [0.25, 0.3) is 11.0 Å². The van der Waals surface area contributed by atoms with Crippen molar-refractivity contribution in [3.63, 3.8) is 0 Å². The summed E-state index contributed by atoms with van der Waals surface area (Å²) >= 11 is 0. The Bertz CT molecular complexity index is 1380. The molecule has 0 saturated carbocycles. The third-order valence-corrected chi connectivity index (χ3v) is 5.28. The van der Waals surface area contributed by atoms with E-state index in [4.69, 9.17) is 4.74 Å². The summed E-state index contributed by atoms with van der Waals surface area (Å²) in [5, 5.41) is 7.15. The van der Waals surface area contributed by atoms with Gasteiger partial charge in [0.2, 0.25) is 0 Å². The molecule has 8 nitrogen and oxygen atoms in total. The number of halogens is 3. The number of alkyl halides is 3. The predicted molar refractivity (Wildman–Crippen MR) is 122 cm³/mol. The van der Waals surface area contributed by atoms with Crippen LogP contribution in [0, 0.1) is 0 Å². The summed E-state index contributed by atoms with van der Waals surface area (Å²) in [6, 6.07) is 13.8. The van der Waals surface area contributed by atoms with Gasteiger partial charge in [-0.15, -0.1) is 0 Å². The van der Waals surface area contributed by atoms with E-state index < -0.39 is 23.4 Å². The standard InChI is InChI=1S/C24H22F3N5O3/c1-16(35-19-8-3-2-4-9-19)22(33)28-10-11-32-21-20(13-30-32)23(34)31(15-29-21)14-17-6-5-7-18(12-17)24(25,26)27/h2-9,12-13,15-16H,10-11,14H2,1H3,(H,28,33). The molecule has 2 aromatic carbocycles. The summed E-state index contributed by atoms with van der Waals surface area (Å²) in [5.41, 5.74) is -0.564. The summed E-state index contributed by atoms with van der Waals surface area (Å²) in [7, 11) is 0. The molecule has 0 aliphatic rings. The van der Waals surface area contributed by atoms with Gasteiger partial charge < -0.3 is 10.1 Å². The van der Waals surface area contributed by atoms with Crippen molar-refractivity contribution >= 4 is 16.9 Å². The Kier molecular flexibility index (Phi) is 6.85. The molecule has 4 rings (SSSR count). The normalized spacial score (nSPS) is 12.5. The van der Waals surface area contributed by atoms with Crippen LogP contribution in [0.4, 0.5) is 13.2 Å². The molecule has 0 fully saturated rings. The van der Waals surface area contributed by atoms with E-state index in [1.54, 1.807) is 19.1 Å². The highest BCUT2D eigenvalue weighted by Crippen LogP contribution is 2.29. The van der Waals surface area contributed by atoms with Gasteiger partial charge in [0.1, 0.15) is 17.5 Å². The fourth-order valence-electron chi connectivity index (χ4n) is 3.50. The van der Waals surface area contributed by atoms with Gasteiger partial charge in [-0.3, -0.25) is 14.2 Å². The van der Waals surface area contributed by atoms with Crippen LogP contribution < -0.4 is 15.6 Å². The number of para-hydroxylation sites is 1. The van der Waals surface area contributed by atoms with Crippen LogP contribution in [0.5, 0.6) is 5.75 Å². The number of nitrogens with one attached hydrogen (secondary N) is 1. The van der Waals surface area contributed by atoms with E-state index in [0.29, 0.717) is 17.0 Å². The molecule has 35 heavy (non-hydrogen) atoms. The van der Waals surface area contributed by atoms with Crippen LogP contribution in [0.3, 0.4) is 0 Å². The maximum Gasteiger partial charge on any atom is 0.416 e. The van der Waals surface area contributed by atoms with Gasteiger partial charge in [-0.05, 0) is 36.8 Å². The molecule has 2 aromatic heterocycles. The first-order valence-electron chi connectivity index (χ1n) is 10.8. The molecule has 11 heteroatoms. The van der Waals surface area contributed by atoms with Crippen LogP contribution in [0.15, 0.2) is 71.9 Å². The monoisotopic (exact) mass is 485 g/mol. The molecule has 1 atom stereocenters. The second-order valence-electron chi connectivity index (χ2n) is 7.84. The highest BCUT2D eigenvalue weighted by atomic mass is 19.4. The van der Waals surface area contributed by atoms with Crippen LogP contribution >= 0.6 is 0 Å². The maximum atomic E-state index is 13.0. The Morgan fingerprint density at radius 3 is 2.66 bits per heavy atom. The Balaban J connectivity index is 1.40. The number of hydrogen-bond donors (Lipinski definition) is 1. The van der Waals surface area contributed by atoms with Crippen molar-refractivity contribution in [1.29, 1.82) is 0 Å². The minimum Gasteiger partial charge on any atom is -0.481 e. The zero-order chi connectivity index (χ0) is 25.0. The van der Waals surface area contributed by atoms with E-state index >= 15 is 0 Å². The zero-order valence-electron chi connectivity index (χ0n) is 18.7. The number of carbonyl (C=O) groups is 1. The molecule has 0 radical (unpaired) electrons. The molecule has 0 aliphatic heterocycles. The highest BCUT2D eigenvalue weighted by Gasteiger charge is 2.30. The molecule has 182 valence electrons. The lowest BCUT2D eigenvalue weighted by molar-refractivity contribution is -0.137. The molecule has 2 heterocycles. The molecular weight excluding hydrogens is 463 g/mol. The van der Waals surface area contributed by atoms with E-state index in [1.807, 2.05) is 18.2 Å². The highest BCUT2D eigenvalue weighted by molar-refractivity contribution is 5.80. The third-order valence-electron chi connectivity index (χ3n) is 5.28. The van der Waals surface area contributed by atoms with Crippen molar-refractivity contribution in [2.24, 2.45) is 0 Å². The molecule has 1 amide bonds. The van der Waals surface area contributed by atoms with Gasteiger partial charge in [-0.1, -0.05) is 30.3 Å². The second kappa shape index (κ2) is 10.00. The number of amides is 1. The van der Waals surface area contributed by atoms with Crippen molar-refractivity contribution in [3.8, 4) is 5.75 Å². The Hall–Kier alpha value is -4.15. The minimum atomic E-state index is -4.47. The molecule has 1 unspecified atom stereocenters. The number of hydrogen-bond acceptors (Lipinski definition) is 5. The van der Waals surface area contributed by atoms with E-state index in [1.165, 1.54) is 33.9 Å². The van der Waals surface area contributed by atoms with Gasteiger partial charge in [0.25, 0.3) is 11.5 Å². The van der Waals surface area contributed by atoms with Gasteiger partial charge in [-0.2, -0.15) is 18.3 Å². The van der Waals surface area contributed by atoms with Gasteiger partial charge in [0.05, 0.1) is 24.8 Å². The first kappa shape index (κ1) is 24.0. The zero-order valence-corrected chi connectivity index (χ0v) is 18.7. The molecule has 0 spiro atoms. The first-order valence-corrected chi connectivity index (χ1v) is 10.8. The van der Waals surface area contributed by atoms with Gasteiger partial charge in [0.15, 0.2) is 11.8 Å². The topological polar surface area (TPSA) is 91.0 Å². The van der Waals surface area contributed by atoms with Gasteiger partial charge in [-0.25, -0.2) is 9.67 Å².